The van der Waals surface area contributed by atoms with E-state index in [0.29, 0.717) is 29.4 Å². The molecule has 6 atom stereocenters. The molecule has 0 spiro atoms. The number of halogens is 1. The van der Waals surface area contributed by atoms with Gasteiger partial charge in [0.1, 0.15) is 5.75 Å². The number of unbranched alkanes of at least 4 members (excludes halogenated alkanes) is 6. The van der Waals surface area contributed by atoms with Crippen molar-refractivity contribution in [2.24, 2.45) is 23.2 Å². The predicted molar refractivity (Wildman–Crippen MR) is 125 cm³/mol. The zero-order chi connectivity index (χ0) is 21.1. The Morgan fingerprint density at radius 3 is 2.50 bits per heavy atom. The van der Waals surface area contributed by atoms with E-state index in [0.717, 1.165) is 31.6 Å². The van der Waals surface area contributed by atoms with Gasteiger partial charge in [-0.2, -0.15) is 0 Å². The van der Waals surface area contributed by atoms with Gasteiger partial charge in [0.2, 0.25) is 0 Å². The second kappa shape index (κ2) is 9.82. The third-order valence-corrected chi connectivity index (χ3v) is 9.31. The molecule has 2 fully saturated rings. The Bertz CT molecular complexity index is 704. The third-order valence-electron chi connectivity index (χ3n) is 9.04. The fourth-order valence-electron chi connectivity index (χ4n) is 7.42. The number of rotatable bonds is 9. The van der Waals surface area contributed by atoms with E-state index in [9.17, 15) is 10.2 Å². The lowest BCUT2D eigenvalue weighted by Crippen LogP contribution is -2.47. The Hall–Kier alpha value is -0.730. The van der Waals surface area contributed by atoms with Crippen molar-refractivity contribution in [2.45, 2.75) is 102 Å². The molecule has 0 amide bonds. The number of phenols is 1. The molecule has 2 saturated carbocycles. The molecule has 0 aliphatic heterocycles. The number of hydrogen-bond acceptors (Lipinski definition) is 2. The monoisotopic (exact) mass is 432 g/mol. The Morgan fingerprint density at radius 1 is 1.00 bits per heavy atom. The largest absolute Gasteiger partial charge is 0.508 e. The van der Waals surface area contributed by atoms with Crippen molar-refractivity contribution in [2.75, 3.05) is 5.88 Å². The Morgan fingerprint density at radius 2 is 1.73 bits per heavy atom. The summed E-state index contributed by atoms with van der Waals surface area (Å²) in [6.07, 6.45) is 16.0. The highest BCUT2D eigenvalue weighted by Crippen LogP contribution is 2.62. The van der Waals surface area contributed by atoms with Crippen molar-refractivity contribution >= 4 is 11.6 Å². The first-order chi connectivity index (χ1) is 14.5. The highest BCUT2D eigenvalue weighted by Gasteiger charge is 2.56. The maximum atomic E-state index is 10.8. The zero-order valence-corrected chi connectivity index (χ0v) is 19.5. The first-order valence-electron chi connectivity index (χ1n) is 12.6. The van der Waals surface area contributed by atoms with Gasteiger partial charge in [-0.15, -0.1) is 11.6 Å². The van der Waals surface area contributed by atoms with Gasteiger partial charge in [0.25, 0.3) is 0 Å². The summed E-state index contributed by atoms with van der Waals surface area (Å²) in [6, 6.07) is 6.12. The SMILES string of the molecule is C[C@]12CCC3c4ccc(O)cc4C[C@@H](CCCCCCCCCCl)C3C1CC[C@@H]2O. The minimum absolute atomic E-state index is 0.113. The minimum atomic E-state index is -0.113. The van der Waals surface area contributed by atoms with Crippen molar-refractivity contribution in [1.82, 2.24) is 0 Å². The number of aromatic hydroxyl groups is 1. The number of alkyl halides is 1. The lowest BCUT2D eigenvalue weighted by molar-refractivity contribution is -0.0396. The highest BCUT2D eigenvalue weighted by molar-refractivity contribution is 6.17. The van der Waals surface area contributed by atoms with E-state index in [-0.39, 0.29) is 11.5 Å². The van der Waals surface area contributed by atoms with E-state index in [1.54, 1.807) is 0 Å². The first-order valence-corrected chi connectivity index (χ1v) is 13.1. The molecular weight excluding hydrogens is 392 g/mol. The summed E-state index contributed by atoms with van der Waals surface area (Å²) >= 11 is 5.78. The van der Waals surface area contributed by atoms with E-state index in [1.807, 2.05) is 12.1 Å². The molecule has 0 radical (unpaired) electrons. The number of aliphatic hydroxyl groups is 1. The summed E-state index contributed by atoms with van der Waals surface area (Å²) in [4.78, 5) is 0. The van der Waals surface area contributed by atoms with Gasteiger partial charge >= 0.3 is 0 Å². The quantitative estimate of drug-likeness (QED) is 0.320. The van der Waals surface area contributed by atoms with Gasteiger partial charge in [-0.05, 0) is 97.3 Å². The van der Waals surface area contributed by atoms with Crippen LogP contribution in [-0.2, 0) is 6.42 Å². The lowest BCUT2D eigenvalue weighted by atomic mass is 9.52. The summed E-state index contributed by atoms with van der Waals surface area (Å²) < 4.78 is 0. The molecule has 3 aliphatic carbocycles. The molecule has 168 valence electrons. The second-order valence-corrected chi connectivity index (χ2v) is 11.1. The van der Waals surface area contributed by atoms with Crippen LogP contribution in [0, 0.1) is 23.2 Å². The van der Waals surface area contributed by atoms with Crippen molar-refractivity contribution in [1.29, 1.82) is 0 Å². The van der Waals surface area contributed by atoms with Crippen LogP contribution in [0.15, 0.2) is 18.2 Å². The van der Waals surface area contributed by atoms with Crippen molar-refractivity contribution < 1.29 is 10.2 Å². The van der Waals surface area contributed by atoms with E-state index < -0.39 is 0 Å². The van der Waals surface area contributed by atoms with Crippen molar-refractivity contribution in [3.8, 4) is 5.75 Å². The minimum Gasteiger partial charge on any atom is -0.508 e. The molecule has 3 heteroatoms. The van der Waals surface area contributed by atoms with Gasteiger partial charge in [-0.25, -0.2) is 0 Å². The summed E-state index contributed by atoms with van der Waals surface area (Å²) in [6.45, 7) is 2.37. The Labute approximate surface area is 188 Å². The first kappa shape index (κ1) is 22.5. The van der Waals surface area contributed by atoms with E-state index >= 15 is 0 Å². The summed E-state index contributed by atoms with van der Waals surface area (Å²) in [7, 11) is 0. The predicted octanol–water partition coefficient (Wildman–Crippen LogP) is 7.19. The molecule has 3 unspecified atom stereocenters. The Kier molecular flexibility index (Phi) is 7.35. The van der Waals surface area contributed by atoms with Crippen LogP contribution in [0.2, 0.25) is 0 Å². The Balaban J connectivity index is 1.43. The molecule has 1 aromatic carbocycles. The fraction of sp³-hybridized carbons (Fsp3) is 0.778. The van der Waals surface area contributed by atoms with E-state index in [1.165, 1.54) is 68.9 Å². The van der Waals surface area contributed by atoms with Crippen LogP contribution in [0.4, 0.5) is 0 Å². The van der Waals surface area contributed by atoms with Crippen molar-refractivity contribution in [3.05, 3.63) is 29.3 Å². The van der Waals surface area contributed by atoms with Gasteiger partial charge in [0.15, 0.2) is 0 Å². The van der Waals surface area contributed by atoms with Gasteiger partial charge < -0.3 is 10.2 Å². The van der Waals surface area contributed by atoms with Crippen LogP contribution in [0.5, 0.6) is 5.75 Å². The molecule has 0 saturated heterocycles. The van der Waals surface area contributed by atoms with Crippen LogP contribution in [0.3, 0.4) is 0 Å². The second-order valence-electron chi connectivity index (χ2n) is 10.7. The molecule has 0 heterocycles. The summed E-state index contributed by atoms with van der Waals surface area (Å²) in [5.41, 5.74) is 3.01. The average Bonchev–Trinajstić information content (AvgIpc) is 3.04. The number of aliphatic hydroxyl groups excluding tert-OH is 1. The fourth-order valence-corrected chi connectivity index (χ4v) is 7.60. The van der Waals surface area contributed by atoms with E-state index in [2.05, 4.69) is 13.0 Å². The van der Waals surface area contributed by atoms with Gasteiger partial charge in [-0.1, -0.05) is 51.5 Å². The molecule has 0 aromatic heterocycles. The topological polar surface area (TPSA) is 40.5 Å². The lowest BCUT2D eigenvalue weighted by Gasteiger charge is -2.53. The smallest absolute Gasteiger partial charge is 0.115 e. The summed E-state index contributed by atoms with van der Waals surface area (Å²) in [5, 5.41) is 20.9. The molecule has 4 rings (SSSR count). The van der Waals surface area contributed by atoms with Crippen LogP contribution in [-0.4, -0.2) is 22.2 Å². The summed E-state index contributed by atoms with van der Waals surface area (Å²) in [5.74, 6) is 3.92. The maximum absolute atomic E-state index is 10.8. The number of benzene rings is 1. The molecule has 0 bridgehead atoms. The highest BCUT2D eigenvalue weighted by atomic mass is 35.5. The van der Waals surface area contributed by atoms with Gasteiger partial charge in [0.05, 0.1) is 6.10 Å². The third kappa shape index (κ3) is 4.42. The van der Waals surface area contributed by atoms with Crippen molar-refractivity contribution in [3.63, 3.8) is 0 Å². The number of fused-ring (bicyclic) bond motifs is 5. The molecular formula is C27H41ClO2. The molecule has 2 N–H and O–H groups in total. The molecule has 30 heavy (non-hydrogen) atoms. The standard InChI is InChI=1S/C27H41ClO2/c1-27-15-14-23-22-11-10-21(29)18-20(22)17-19(26(23)24(27)12-13-25(27)30)9-7-5-3-2-4-6-8-16-28/h10-11,18-19,23-26,29-30H,2-9,12-17H2,1H3/t19-,23?,24?,25+,26?,27+/m1/s1. The molecule has 2 nitrogen and oxygen atoms in total. The zero-order valence-electron chi connectivity index (χ0n) is 18.8. The van der Waals surface area contributed by atoms with Crippen LogP contribution < -0.4 is 0 Å². The van der Waals surface area contributed by atoms with Crippen LogP contribution >= 0.6 is 11.6 Å². The number of phenolic OH excluding ortho intramolecular Hbond substituents is 1. The van der Waals surface area contributed by atoms with Gasteiger partial charge in [0, 0.05) is 5.88 Å². The van der Waals surface area contributed by atoms with Crippen LogP contribution in [0.1, 0.15) is 101 Å². The van der Waals surface area contributed by atoms with E-state index in [4.69, 9.17) is 11.6 Å². The molecule has 1 aromatic rings. The molecule has 3 aliphatic rings. The average molecular weight is 433 g/mol. The normalized spacial score (nSPS) is 35.0. The van der Waals surface area contributed by atoms with Crippen LogP contribution in [0.25, 0.3) is 0 Å². The van der Waals surface area contributed by atoms with Gasteiger partial charge in [-0.3, -0.25) is 0 Å². The maximum Gasteiger partial charge on any atom is 0.115 e. The number of hydrogen-bond donors (Lipinski definition) is 2.